The lowest BCUT2D eigenvalue weighted by atomic mass is 9.13. The van der Waals surface area contributed by atoms with Gasteiger partial charge in [-0.15, -0.1) is 0 Å². The highest BCUT2D eigenvalue weighted by Crippen LogP contribution is 2.32. The fraction of sp³-hybridized carbons (Fsp3) is 0.200. The van der Waals surface area contributed by atoms with Crippen LogP contribution in [0.25, 0.3) is 0 Å². The van der Waals surface area contributed by atoms with Crippen molar-refractivity contribution < 1.29 is 0 Å². The monoisotopic (exact) mass is 401 g/mol. The average Bonchev–Trinajstić information content (AvgIpc) is 2.88. The van der Waals surface area contributed by atoms with Crippen LogP contribution in [0.2, 0.25) is 0 Å². The molecule has 0 heterocycles. The first-order valence-corrected chi connectivity index (χ1v) is 11.8. The zero-order valence-corrected chi connectivity index (χ0v) is 18.2. The van der Waals surface area contributed by atoms with Gasteiger partial charge in [-0.25, -0.2) is 0 Å². The van der Waals surface area contributed by atoms with Gasteiger partial charge >= 0.3 is 0 Å². The van der Waals surface area contributed by atoms with E-state index >= 15 is 0 Å². The third-order valence-electron chi connectivity index (χ3n) is 7.41. The Morgan fingerprint density at radius 2 is 0.806 bits per heavy atom. The Hall–Kier alpha value is -3.06. The smallest absolute Gasteiger partial charge is 0.108 e. The van der Waals surface area contributed by atoms with Crippen LogP contribution in [-0.4, -0.2) is 6.15 Å². The summed E-state index contributed by atoms with van der Waals surface area (Å²) in [5.41, 5.74) is 7.01. The van der Waals surface area contributed by atoms with E-state index in [0.717, 1.165) is 5.92 Å². The summed E-state index contributed by atoms with van der Waals surface area (Å²) >= 11 is 0. The van der Waals surface area contributed by atoms with Crippen molar-refractivity contribution >= 4 is 28.0 Å². The molecule has 1 saturated carbocycles. The maximum absolute atomic E-state index is 2.41. The van der Waals surface area contributed by atoms with Crippen LogP contribution in [0.1, 0.15) is 43.6 Å². The molecule has 0 spiro atoms. The molecule has 31 heavy (non-hydrogen) atoms. The minimum Gasteiger partial charge on any atom is -0.195 e. The van der Waals surface area contributed by atoms with Gasteiger partial charge in [0.25, 0.3) is 0 Å². The van der Waals surface area contributed by atoms with Crippen molar-refractivity contribution in [2.24, 2.45) is 0 Å². The van der Waals surface area contributed by atoms with Crippen LogP contribution in [0, 0.1) is 0 Å². The Morgan fingerprint density at radius 3 is 1.23 bits per heavy atom. The number of hydrogen-bond donors (Lipinski definition) is 0. The first kappa shape index (κ1) is 19.9. The lowest BCUT2D eigenvalue weighted by Gasteiger charge is -2.44. The summed E-state index contributed by atoms with van der Waals surface area (Å²) in [5, 5.41) is 0. The molecular formula is C30H30B-. The maximum Gasteiger partial charge on any atom is 0.108 e. The van der Waals surface area contributed by atoms with Gasteiger partial charge in [0.2, 0.25) is 0 Å². The van der Waals surface area contributed by atoms with Crippen molar-refractivity contribution in [3.8, 4) is 0 Å². The largest absolute Gasteiger partial charge is 0.195 e. The third kappa shape index (κ3) is 3.74. The number of hydrogen-bond acceptors (Lipinski definition) is 0. The molecule has 0 unspecified atom stereocenters. The summed E-state index contributed by atoms with van der Waals surface area (Å²) in [6.45, 7) is 0. The predicted octanol–water partition coefficient (Wildman–Crippen LogP) is 5.11. The molecule has 0 aliphatic heterocycles. The standard InChI is InChI=1S/C30H30B/c1-5-13-25(14-6-1)26-21-23-30(24-22-26)31(27-15-7-2-8-16-27,28-17-9-3-10-18-28)29-19-11-4-12-20-29/h2-4,7-12,15-25H,1,5-6,13-14H2/q-1. The van der Waals surface area contributed by atoms with Crippen LogP contribution in [0.3, 0.4) is 0 Å². The van der Waals surface area contributed by atoms with Crippen LogP contribution >= 0.6 is 0 Å². The summed E-state index contributed by atoms with van der Waals surface area (Å²) < 4.78 is 0. The molecule has 0 saturated heterocycles. The van der Waals surface area contributed by atoms with Gasteiger partial charge in [-0.1, -0.05) is 135 Å². The van der Waals surface area contributed by atoms with E-state index in [4.69, 9.17) is 0 Å². The second kappa shape index (κ2) is 8.98. The van der Waals surface area contributed by atoms with Crippen LogP contribution in [0.15, 0.2) is 115 Å². The summed E-state index contributed by atoms with van der Waals surface area (Å²) in [4.78, 5) is 0. The summed E-state index contributed by atoms with van der Waals surface area (Å²) in [7, 11) is 0. The molecule has 5 rings (SSSR count). The highest BCUT2D eigenvalue weighted by Gasteiger charge is 2.31. The van der Waals surface area contributed by atoms with Gasteiger partial charge in [0.1, 0.15) is 6.15 Å². The molecule has 4 aromatic rings. The zero-order chi connectivity index (χ0) is 20.9. The number of benzene rings is 4. The number of rotatable bonds is 5. The topological polar surface area (TPSA) is 0 Å². The summed E-state index contributed by atoms with van der Waals surface area (Å²) in [5.74, 6) is 0.731. The molecule has 0 radical (unpaired) electrons. The molecule has 1 fully saturated rings. The fourth-order valence-electron chi connectivity index (χ4n) is 5.87. The van der Waals surface area contributed by atoms with E-state index in [0.29, 0.717) is 0 Å². The molecule has 0 atom stereocenters. The Kier molecular flexibility index (Phi) is 5.76. The lowest BCUT2D eigenvalue weighted by molar-refractivity contribution is 0.443. The average molecular weight is 401 g/mol. The zero-order valence-electron chi connectivity index (χ0n) is 18.2. The highest BCUT2D eigenvalue weighted by atomic mass is 14.2. The minimum absolute atomic E-state index is 0.731. The van der Waals surface area contributed by atoms with Gasteiger partial charge < -0.3 is 0 Å². The van der Waals surface area contributed by atoms with E-state index in [2.05, 4.69) is 115 Å². The predicted molar refractivity (Wildman–Crippen MR) is 136 cm³/mol. The Morgan fingerprint density at radius 1 is 0.419 bits per heavy atom. The van der Waals surface area contributed by atoms with E-state index in [-0.39, 0.29) is 0 Å². The maximum atomic E-state index is 2.41. The van der Waals surface area contributed by atoms with Crippen LogP contribution in [-0.2, 0) is 0 Å². The van der Waals surface area contributed by atoms with E-state index in [1.807, 2.05) is 0 Å². The van der Waals surface area contributed by atoms with Crippen molar-refractivity contribution in [3.05, 3.63) is 121 Å². The Bertz CT molecular complexity index is 983. The Balaban J connectivity index is 1.72. The van der Waals surface area contributed by atoms with Gasteiger partial charge in [-0.05, 0) is 24.3 Å². The summed E-state index contributed by atoms with van der Waals surface area (Å²) in [6, 6.07) is 42.9. The molecule has 0 nitrogen and oxygen atoms in total. The van der Waals surface area contributed by atoms with Crippen molar-refractivity contribution in [1.29, 1.82) is 0 Å². The SMILES string of the molecule is c1ccc([B-](c2ccccc2)(c2ccccc2)c2ccc(C3CCCCC3)cc2)cc1. The van der Waals surface area contributed by atoms with E-state index in [1.165, 1.54) is 59.5 Å². The van der Waals surface area contributed by atoms with E-state index < -0.39 is 6.15 Å². The van der Waals surface area contributed by atoms with E-state index in [9.17, 15) is 0 Å². The normalized spacial score (nSPS) is 15.0. The molecule has 0 aromatic heterocycles. The quantitative estimate of drug-likeness (QED) is 0.408. The van der Waals surface area contributed by atoms with Crippen molar-refractivity contribution in [3.63, 3.8) is 0 Å². The Labute approximate surface area is 186 Å². The van der Waals surface area contributed by atoms with Crippen molar-refractivity contribution in [2.45, 2.75) is 38.0 Å². The van der Waals surface area contributed by atoms with Gasteiger partial charge in [0, 0.05) is 0 Å². The first-order valence-electron chi connectivity index (χ1n) is 11.8. The van der Waals surface area contributed by atoms with E-state index in [1.54, 1.807) is 0 Å². The first-order chi connectivity index (χ1) is 15.4. The molecule has 0 amide bonds. The molecule has 1 heteroatoms. The second-order valence-corrected chi connectivity index (χ2v) is 9.10. The second-order valence-electron chi connectivity index (χ2n) is 9.10. The highest BCUT2D eigenvalue weighted by molar-refractivity contribution is 7.19. The molecule has 1 aliphatic rings. The molecule has 0 N–H and O–H groups in total. The molecule has 154 valence electrons. The van der Waals surface area contributed by atoms with Gasteiger partial charge in [-0.3, -0.25) is 0 Å². The van der Waals surface area contributed by atoms with Crippen molar-refractivity contribution in [1.82, 2.24) is 0 Å². The van der Waals surface area contributed by atoms with Gasteiger partial charge in [0.15, 0.2) is 0 Å². The van der Waals surface area contributed by atoms with Crippen LogP contribution < -0.4 is 21.9 Å². The van der Waals surface area contributed by atoms with Crippen LogP contribution in [0.5, 0.6) is 0 Å². The summed E-state index contributed by atoms with van der Waals surface area (Å²) in [6.07, 6.45) is 5.57. The lowest BCUT2D eigenvalue weighted by Crippen LogP contribution is -2.74. The molecular weight excluding hydrogens is 371 g/mol. The third-order valence-corrected chi connectivity index (χ3v) is 7.41. The minimum atomic E-state index is -1.25. The van der Waals surface area contributed by atoms with Crippen LogP contribution in [0.4, 0.5) is 0 Å². The van der Waals surface area contributed by atoms with Crippen molar-refractivity contribution in [2.75, 3.05) is 0 Å². The van der Waals surface area contributed by atoms with Gasteiger partial charge in [-0.2, -0.15) is 21.9 Å². The molecule has 0 bridgehead atoms. The molecule has 4 aromatic carbocycles. The molecule has 1 aliphatic carbocycles. The van der Waals surface area contributed by atoms with Gasteiger partial charge in [0.05, 0.1) is 0 Å². The fourth-order valence-corrected chi connectivity index (χ4v) is 5.87.